The third kappa shape index (κ3) is 4.94. The van der Waals surface area contributed by atoms with E-state index in [0.29, 0.717) is 6.04 Å². The molecule has 0 spiro atoms. The van der Waals surface area contributed by atoms with E-state index in [1.165, 1.54) is 43.5 Å². The molecule has 0 aromatic heterocycles. The molecule has 1 saturated heterocycles. The number of piperidine rings is 1. The van der Waals surface area contributed by atoms with Gasteiger partial charge in [0, 0.05) is 6.04 Å². The van der Waals surface area contributed by atoms with Gasteiger partial charge in [-0.1, -0.05) is 91.4 Å². The molecule has 0 amide bonds. The van der Waals surface area contributed by atoms with Gasteiger partial charge in [-0.2, -0.15) is 0 Å². The molecular formula is C22H25N. The number of nitrogens with zero attached hydrogens (tertiary/aromatic N) is 1. The molecule has 1 heterocycles. The van der Waals surface area contributed by atoms with Crippen LogP contribution >= 0.6 is 0 Å². The summed E-state index contributed by atoms with van der Waals surface area (Å²) in [7, 11) is 0. The van der Waals surface area contributed by atoms with Gasteiger partial charge >= 0.3 is 0 Å². The highest BCUT2D eigenvalue weighted by atomic mass is 15.1. The molecule has 2 aromatic carbocycles. The molecule has 1 nitrogen and oxygen atoms in total. The third-order valence-corrected chi connectivity index (χ3v) is 4.38. The molecule has 0 aliphatic carbocycles. The van der Waals surface area contributed by atoms with Crippen LogP contribution in [0.1, 0.15) is 30.4 Å². The zero-order valence-electron chi connectivity index (χ0n) is 13.6. The highest BCUT2D eigenvalue weighted by molar-refractivity contribution is 5.53. The van der Waals surface area contributed by atoms with Crippen LogP contribution < -0.4 is 0 Å². The maximum absolute atomic E-state index is 2.59. The van der Waals surface area contributed by atoms with Crippen molar-refractivity contribution in [3.63, 3.8) is 0 Å². The lowest BCUT2D eigenvalue weighted by atomic mass is 10.1. The Morgan fingerprint density at radius 3 is 1.61 bits per heavy atom. The van der Waals surface area contributed by atoms with Crippen molar-refractivity contribution in [1.82, 2.24) is 4.90 Å². The van der Waals surface area contributed by atoms with E-state index in [0.717, 1.165) is 0 Å². The minimum atomic E-state index is 0.371. The standard InChI is InChI=1S/C22H25N/c1-4-10-20(11-5-1)14-16-22(23-18-8-3-9-19-23)17-15-21-12-6-2-7-13-21/h1-2,4-7,10-17,22H,3,8-9,18-19H2. The van der Waals surface area contributed by atoms with Crippen LogP contribution in [0.4, 0.5) is 0 Å². The monoisotopic (exact) mass is 303 g/mol. The van der Waals surface area contributed by atoms with Gasteiger partial charge in [-0.05, 0) is 37.1 Å². The van der Waals surface area contributed by atoms with Crippen LogP contribution in [-0.4, -0.2) is 24.0 Å². The molecule has 3 rings (SSSR count). The van der Waals surface area contributed by atoms with E-state index in [2.05, 4.69) is 89.9 Å². The van der Waals surface area contributed by atoms with E-state index < -0.39 is 0 Å². The second-order valence-corrected chi connectivity index (χ2v) is 6.13. The van der Waals surface area contributed by atoms with Crippen molar-refractivity contribution < 1.29 is 0 Å². The van der Waals surface area contributed by atoms with Crippen LogP contribution in [0.2, 0.25) is 0 Å². The number of hydrogen-bond acceptors (Lipinski definition) is 1. The molecular weight excluding hydrogens is 278 g/mol. The maximum atomic E-state index is 2.59. The Labute approximate surface area is 140 Å². The smallest absolute Gasteiger partial charge is 0.0468 e. The predicted octanol–water partition coefficient (Wildman–Crippen LogP) is 5.27. The van der Waals surface area contributed by atoms with Crippen LogP contribution in [0.25, 0.3) is 12.2 Å². The molecule has 0 atom stereocenters. The highest BCUT2D eigenvalue weighted by Gasteiger charge is 2.15. The van der Waals surface area contributed by atoms with E-state index in [1.807, 2.05) is 0 Å². The van der Waals surface area contributed by atoms with Gasteiger partial charge in [0.1, 0.15) is 0 Å². The third-order valence-electron chi connectivity index (χ3n) is 4.38. The first-order valence-electron chi connectivity index (χ1n) is 8.62. The number of benzene rings is 2. The van der Waals surface area contributed by atoms with Crippen molar-refractivity contribution in [2.24, 2.45) is 0 Å². The van der Waals surface area contributed by atoms with Crippen LogP contribution in [-0.2, 0) is 0 Å². The molecule has 0 unspecified atom stereocenters. The molecule has 1 heteroatoms. The van der Waals surface area contributed by atoms with Gasteiger partial charge < -0.3 is 0 Å². The van der Waals surface area contributed by atoms with E-state index in [1.54, 1.807) is 0 Å². The Morgan fingerprint density at radius 2 is 1.13 bits per heavy atom. The second-order valence-electron chi connectivity index (χ2n) is 6.13. The van der Waals surface area contributed by atoms with Gasteiger partial charge in [-0.3, -0.25) is 4.90 Å². The minimum Gasteiger partial charge on any atom is -0.293 e. The average molecular weight is 303 g/mol. The van der Waals surface area contributed by atoms with Crippen molar-refractivity contribution in [2.75, 3.05) is 13.1 Å². The largest absolute Gasteiger partial charge is 0.293 e. The second kappa shape index (κ2) is 8.50. The Balaban J connectivity index is 1.75. The first-order chi connectivity index (χ1) is 11.4. The molecule has 1 aliphatic heterocycles. The predicted molar refractivity (Wildman–Crippen MR) is 100 cm³/mol. The van der Waals surface area contributed by atoms with Gasteiger partial charge in [-0.25, -0.2) is 0 Å². The molecule has 0 N–H and O–H groups in total. The molecule has 2 aromatic rings. The molecule has 0 radical (unpaired) electrons. The van der Waals surface area contributed by atoms with E-state index in [4.69, 9.17) is 0 Å². The number of hydrogen-bond donors (Lipinski definition) is 0. The summed E-state index contributed by atoms with van der Waals surface area (Å²) in [4.78, 5) is 2.59. The van der Waals surface area contributed by atoms with Gasteiger partial charge in [-0.15, -0.1) is 0 Å². The van der Waals surface area contributed by atoms with Crippen LogP contribution in [0.5, 0.6) is 0 Å². The van der Waals surface area contributed by atoms with Gasteiger partial charge in [0.25, 0.3) is 0 Å². The Kier molecular flexibility index (Phi) is 5.82. The lowest BCUT2D eigenvalue weighted by Gasteiger charge is -2.31. The minimum absolute atomic E-state index is 0.371. The highest BCUT2D eigenvalue weighted by Crippen LogP contribution is 2.16. The van der Waals surface area contributed by atoms with Crippen molar-refractivity contribution in [1.29, 1.82) is 0 Å². The molecule has 0 saturated carbocycles. The first-order valence-corrected chi connectivity index (χ1v) is 8.62. The summed E-state index contributed by atoms with van der Waals surface area (Å²) < 4.78 is 0. The summed E-state index contributed by atoms with van der Waals surface area (Å²) in [5, 5.41) is 0. The van der Waals surface area contributed by atoms with Gasteiger partial charge in [0.2, 0.25) is 0 Å². The lowest BCUT2D eigenvalue weighted by Crippen LogP contribution is -2.36. The van der Waals surface area contributed by atoms with Crippen molar-refractivity contribution in [2.45, 2.75) is 25.3 Å². The van der Waals surface area contributed by atoms with E-state index in [-0.39, 0.29) is 0 Å². The number of rotatable bonds is 5. The first kappa shape index (κ1) is 15.8. The zero-order valence-corrected chi connectivity index (χ0v) is 13.6. The average Bonchev–Trinajstić information content (AvgIpc) is 2.64. The Morgan fingerprint density at radius 1 is 0.652 bits per heavy atom. The van der Waals surface area contributed by atoms with Crippen LogP contribution in [0, 0.1) is 0 Å². The SMILES string of the molecule is C(=CC(C=Cc1ccccc1)N1CCCCC1)c1ccccc1. The van der Waals surface area contributed by atoms with Crippen LogP contribution in [0.3, 0.4) is 0 Å². The molecule has 0 bridgehead atoms. The fourth-order valence-corrected chi connectivity index (χ4v) is 3.07. The van der Waals surface area contributed by atoms with Crippen molar-refractivity contribution in [3.05, 3.63) is 83.9 Å². The molecule has 23 heavy (non-hydrogen) atoms. The topological polar surface area (TPSA) is 3.24 Å². The summed E-state index contributed by atoms with van der Waals surface area (Å²) in [6.45, 7) is 2.39. The van der Waals surface area contributed by atoms with Gasteiger partial charge in [0.05, 0.1) is 0 Å². The zero-order chi connectivity index (χ0) is 15.7. The van der Waals surface area contributed by atoms with E-state index in [9.17, 15) is 0 Å². The molecule has 1 fully saturated rings. The van der Waals surface area contributed by atoms with E-state index >= 15 is 0 Å². The summed E-state index contributed by atoms with van der Waals surface area (Å²) in [5.74, 6) is 0. The quantitative estimate of drug-likeness (QED) is 0.727. The van der Waals surface area contributed by atoms with Gasteiger partial charge in [0.15, 0.2) is 0 Å². The summed E-state index contributed by atoms with van der Waals surface area (Å²) in [6, 6.07) is 21.5. The Hall–Kier alpha value is -2.12. The lowest BCUT2D eigenvalue weighted by molar-refractivity contribution is 0.216. The maximum Gasteiger partial charge on any atom is 0.0468 e. The van der Waals surface area contributed by atoms with Crippen molar-refractivity contribution in [3.8, 4) is 0 Å². The van der Waals surface area contributed by atoms with Crippen LogP contribution in [0.15, 0.2) is 72.8 Å². The fraction of sp³-hybridized carbons (Fsp3) is 0.273. The summed E-state index contributed by atoms with van der Waals surface area (Å²) in [6.07, 6.45) is 13.2. The Bertz CT molecular complexity index is 572. The van der Waals surface area contributed by atoms with Crippen molar-refractivity contribution >= 4 is 12.2 Å². The normalized spacial score (nSPS) is 17.7. The summed E-state index contributed by atoms with van der Waals surface area (Å²) in [5.41, 5.74) is 2.53. The molecule has 1 aliphatic rings. The summed E-state index contributed by atoms with van der Waals surface area (Å²) >= 11 is 0. The fourth-order valence-electron chi connectivity index (χ4n) is 3.07. The molecule has 118 valence electrons. The number of likely N-dealkylation sites (tertiary alicyclic amines) is 1.